The number of thiophene rings is 1. The Kier molecular flexibility index (Phi) is 4.22. The monoisotopic (exact) mass is 507 g/mol. The Labute approximate surface area is 211 Å². The van der Waals surface area contributed by atoms with Crippen LogP contribution in [0.2, 0.25) is 0 Å². The number of imidazole rings is 1. The summed E-state index contributed by atoms with van der Waals surface area (Å²) < 4.78 is 18.8. The molecule has 1 fully saturated rings. The number of rotatable bonds is 1. The standard InChI is InChI=1S/C27H18FN7OS/c28-22-16-4-5-18-21(22)24(34-33-18)26-31-23-17(8-9-30-25(23)32-26)19-6-7-20(37-19)35(27(36)13-2-1-3-13)15-10-14(16)11-29-12-15/h4-13H,1-3H2,(H,33,34)(H,30,31,32). The molecule has 6 aromatic heterocycles. The van der Waals surface area contributed by atoms with Crippen LogP contribution in [-0.4, -0.2) is 40.6 Å². The number of aromatic nitrogens is 7. The zero-order valence-electron chi connectivity index (χ0n) is 19.3. The van der Waals surface area contributed by atoms with Crippen molar-refractivity contribution in [1.82, 2.24) is 34.7 Å². The van der Waals surface area contributed by atoms with Gasteiger partial charge in [0, 0.05) is 39.2 Å². The molecule has 1 saturated carbocycles. The minimum Gasteiger partial charge on any atom is -0.321 e. The van der Waals surface area contributed by atoms with Crippen LogP contribution in [0.3, 0.4) is 0 Å². The lowest BCUT2D eigenvalue weighted by atomic mass is 9.84. The highest BCUT2D eigenvalue weighted by Gasteiger charge is 2.27. The maximum Gasteiger partial charge on any atom is 0.235 e. The molecular weight excluding hydrogens is 489 g/mol. The summed E-state index contributed by atoms with van der Waals surface area (Å²) in [6, 6.07) is 11.2. The predicted octanol–water partition coefficient (Wildman–Crippen LogP) is 6.41. The van der Waals surface area contributed by atoms with Crippen molar-refractivity contribution in [2.45, 2.75) is 19.3 Å². The van der Waals surface area contributed by atoms with Crippen molar-refractivity contribution in [3.05, 3.63) is 60.8 Å². The van der Waals surface area contributed by atoms with Gasteiger partial charge < -0.3 is 4.98 Å². The topological polar surface area (TPSA) is 105 Å². The summed E-state index contributed by atoms with van der Waals surface area (Å²) in [4.78, 5) is 31.4. The fourth-order valence-electron chi connectivity index (χ4n) is 5.18. The molecule has 1 aromatic carbocycles. The van der Waals surface area contributed by atoms with E-state index >= 15 is 4.39 Å². The lowest BCUT2D eigenvalue weighted by molar-refractivity contribution is 0.0776. The highest BCUT2D eigenvalue weighted by atomic mass is 32.1. The number of H-pyrrole nitrogens is 2. The van der Waals surface area contributed by atoms with Gasteiger partial charge in [0.05, 0.1) is 22.6 Å². The molecule has 0 aliphatic heterocycles. The van der Waals surface area contributed by atoms with E-state index in [1.54, 1.807) is 35.3 Å². The van der Waals surface area contributed by atoms with Gasteiger partial charge in [-0.15, -0.1) is 11.3 Å². The molecule has 6 heterocycles. The summed E-state index contributed by atoms with van der Waals surface area (Å²) >= 11 is 1.51. The molecule has 2 N–H and O–H groups in total. The molecule has 0 radical (unpaired) electrons. The first-order chi connectivity index (χ1) is 18.2. The summed E-state index contributed by atoms with van der Waals surface area (Å²) in [6.45, 7) is 0. The molecule has 0 amide bonds. The largest absolute Gasteiger partial charge is 0.321 e. The molecule has 8 nitrogen and oxygen atoms in total. The van der Waals surface area contributed by atoms with E-state index in [4.69, 9.17) is 4.98 Å². The minimum atomic E-state index is -0.432. The normalized spacial score (nSPS) is 14.3. The second-order valence-corrected chi connectivity index (χ2v) is 10.5. The third-order valence-corrected chi connectivity index (χ3v) is 8.43. The number of carbonyl (C=O) groups excluding carboxylic acids is 1. The van der Waals surface area contributed by atoms with Crippen molar-refractivity contribution < 1.29 is 9.18 Å². The zero-order chi connectivity index (χ0) is 24.7. The first-order valence-electron chi connectivity index (χ1n) is 12.1. The van der Waals surface area contributed by atoms with Gasteiger partial charge in [0.25, 0.3) is 0 Å². The summed E-state index contributed by atoms with van der Waals surface area (Å²) in [7, 11) is 0. The lowest BCUT2D eigenvalue weighted by Crippen LogP contribution is -2.27. The van der Waals surface area contributed by atoms with Gasteiger partial charge in [0.15, 0.2) is 11.3 Å². The third kappa shape index (κ3) is 2.96. The van der Waals surface area contributed by atoms with Crippen LogP contribution in [0.1, 0.15) is 24.1 Å². The number of halogens is 1. The van der Waals surface area contributed by atoms with E-state index in [1.807, 2.05) is 24.3 Å². The van der Waals surface area contributed by atoms with Crippen molar-refractivity contribution in [2.75, 3.05) is 0 Å². The SMILES string of the molecule is O=C(C1CCC1)n1c2cncc(c2)c2ccc3[nH]nc(c4nc5c(nccc5c5ccc1s5)[nH]4)c3c2F. The van der Waals surface area contributed by atoms with Crippen LogP contribution in [-0.2, 0) is 0 Å². The molecule has 180 valence electrons. The molecule has 0 spiro atoms. The number of aromatic amines is 2. The molecule has 1 aliphatic carbocycles. The molecule has 0 saturated heterocycles. The fourth-order valence-corrected chi connectivity index (χ4v) is 6.24. The van der Waals surface area contributed by atoms with Gasteiger partial charge in [-0.3, -0.25) is 19.4 Å². The highest BCUT2D eigenvalue weighted by molar-refractivity contribution is 7.24. The summed E-state index contributed by atoms with van der Waals surface area (Å²) in [5, 5.41) is 9.48. The van der Waals surface area contributed by atoms with Crippen LogP contribution in [0.15, 0.2) is 55.0 Å². The summed E-state index contributed by atoms with van der Waals surface area (Å²) in [5.74, 6) is -0.421. The van der Waals surface area contributed by atoms with Gasteiger partial charge in [0.2, 0.25) is 5.91 Å². The van der Waals surface area contributed by atoms with Crippen LogP contribution in [0, 0.1) is 11.7 Å². The van der Waals surface area contributed by atoms with Gasteiger partial charge in [-0.1, -0.05) is 6.42 Å². The molecule has 1 aliphatic rings. The molecule has 0 unspecified atom stereocenters. The average Bonchev–Trinajstić information content (AvgIpc) is 3.61. The van der Waals surface area contributed by atoms with Gasteiger partial charge in [0.1, 0.15) is 21.7 Å². The number of hydrogen-bond donors (Lipinski definition) is 2. The number of carbonyl (C=O) groups is 1. The Morgan fingerprint density at radius 3 is 2.84 bits per heavy atom. The Morgan fingerprint density at radius 1 is 1.05 bits per heavy atom. The van der Waals surface area contributed by atoms with E-state index in [2.05, 4.69) is 25.1 Å². The number of nitrogens with zero attached hydrogens (tertiary/aromatic N) is 5. The van der Waals surface area contributed by atoms with Crippen LogP contribution in [0.5, 0.6) is 0 Å². The van der Waals surface area contributed by atoms with Crippen LogP contribution in [0.4, 0.5) is 4.39 Å². The molecule has 8 bridgehead atoms. The summed E-state index contributed by atoms with van der Waals surface area (Å²) in [6.07, 6.45) is 7.80. The number of benzene rings is 1. The average molecular weight is 508 g/mol. The zero-order valence-corrected chi connectivity index (χ0v) is 20.1. The van der Waals surface area contributed by atoms with Crippen molar-refractivity contribution in [3.8, 4) is 0 Å². The number of fused-ring (bicyclic) bond motifs is 9. The van der Waals surface area contributed by atoms with Gasteiger partial charge in [-0.25, -0.2) is 14.4 Å². The van der Waals surface area contributed by atoms with E-state index < -0.39 is 5.82 Å². The van der Waals surface area contributed by atoms with E-state index in [-0.39, 0.29) is 11.8 Å². The van der Waals surface area contributed by atoms with Gasteiger partial charge >= 0.3 is 0 Å². The Balaban J connectivity index is 1.64. The smallest absolute Gasteiger partial charge is 0.235 e. The maximum absolute atomic E-state index is 16.1. The minimum absolute atomic E-state index is 0.0283. The van der Waals surface area contributed by atoms with Crippen molar-refractivity contribution in [1.29, 1.82) is 0 Å². The van der Waals surface area contributed by atoms with Gasteiger partial charge in [-0.05, 0) is 49.2 Å². The Morgan fingerprint density at radius 2 is 1.97 bits per heavy atom. The first-order valence-corrected chi connectivity index (χ1v) is 12.9. The molecule has 10 heteroatoms. The lowest BCUT2D eigenvalue weighted by Gasteiger charge is -2.24. The van der Waals surface area contributed by atoms with E-state index in [0.717, 1.165) is 34.2 Å². The Hall–Kier alpha value is -4.44. The number of hydrogen-bond acceptors (Lipinski definition) is 6. The molecule has 0 atom stereocenters. The van der Waals surface area contributed by atoms with Crippen LogP contribution < -0.4 is 0 Å². The quantitative estimate of drug-likeness (QED) is 0.267. The third-order valence-electron chi connectivity index (χ3n) is 7.32. The van der Waals surface area contributed by atoms with Crippen LogP contribution in [0.25, 0.3) is 64.4 Å². The second-order valence-electron chi connectivity index (χ2n) is 9.43. The number of nitrogens with one attached hydrogen (secondary N) is 2. The Bertz CT molecular complexity index is 2130. The molecule has 7 aromatic rings. The second kappa shape index (κ2) is 7.53. The van der Waals surface area contributed by atoms with Crippen LogP contribution >= 0.6 is 11.3 Å². The van der Waals surface area contributed by atoms with Crippen molar-refractivity contribution >= 4 is 81.7 Å². The van der Waals surface area contributed by atoms with Crippen molar-refractivity contribution in [3.63, 3.8) is 0 Å². The van der Waals surface area contributed by atoms with Gasteiger partial charge in [-0.2, -0.15) is 5.10 Å². The van der Waals surface area contributed by atoms with E-state index in [1.165, 1.54) is 11.3 Å². The fraction of sp³-hybridized carbons (Fsp3) is 0.148. The predicted molar refractivity (Wildman–Crippen MR) is 143 cm³/mol. The maximum atomic E-state index is 16.1. The highest BCUT2D eigenvalue weighted by Crippen LogP contribution is 2.34. The van der Waals surface area contributed by atoms with E-state index in [9.17, 15) is 4.79 Å². The molecule has 37 heavy (non-hydrogen) atoms. The van der Waals surface area contributed by atoms with Crippen molar-refractivity contribution in [2.24, 2.45) is 5.92 Å². The molecular formula is C27H18FN7OS. The first kappa shape index (κ1) is 20.7. The summed E-state index contributed by atoms with van der Waals surface area (Å²) in [5.41, 5.74) is 3.23. The number of pyridine rings is 2. The molecule has 8 rings (SSSR count). The van der Waals surface area contributed by atoms with E-state index in [0.29, 0.717) is 49.5 Å².